The summed E-state index contributed by atoms with van der Waals surface area (Å²) in [5.41, 5.74) is 4.06. The van der Waals surface area contributed by atoms with Gasteiger partial charge in [-0.3, -0.25) is 9.69 Å². The molecule has 0 radical (unpaired) electrons. The number of methoxy groups -OCH3 is 1. The van der Waals surface area contributed by atoms with Gasteiger partial charge in [-0.1, -0.05) is 71.5 Å². The van der Waals surface area contributed by atoms with Crippen LogP contribution in [0.25, 0.3) is 32.4 Å². The summed E-state index contributed by atoms with van der Waals surface area (Å²) in [4.78, 5) is 27.6. The average Bonchev–Trinajstić information content (AvgIpc) is 3.42. The Morgan fingerprint density at radius 3 is 2.56 bits per heavy atom. The van der Waals surface area contributed by atoms with E-state index in [1.165, 1.54) is 0 Å². The Bertz CT molecular complexity index is 1630. The molecule has 1 amide bonds. The first-order valence-electron chi connectivity index (χ1n) is 12.9. The summed E-state index contributed by atoms with van der Waals surface area (Å²) in [6.45, 7) is 4.92. The smallest absolute Gasteiger partial charge is 0.252 e. The summed E-state index contributed by atoms with van der Waals surface area (Å²) in [5.74, 6) is 0.551. The molecule has 2 aromatic heterocycles. The van der Waals surface area contributed by atoms with Crippen LogP contribution in [-0.2, 0) is 0 Å². The van der Waals surface area contributed by atoms with Crippen LogP contribution < -0.4 is 15.0 Å². The molecule has 0 saturated carbocycles. The lowest BCUT2D eigenvalue weighted by Gasteiger charge is -2.34. The molecule has 1 N–H and O–H groups in total. The van der Waals surface area contributed by atoms with Crippen LogP contribution in [0.3, 0.4) is 0 Å². The molecule has 3 heterocycles. The molecule has 0 aliphatic carbocycles. The van der Waals surface area contributed by atoms with Crippen molar-refractivity contribution in [2.24, 2.45) is 0 Å². The molecule has 0 bridgehead atoms. The van der Waals surface area contributed by atoms with E-state index in [9.17, 15) is 4.79 Å². The number of ether oxygens (including phenoxy) is 1. The van der Waals surface area contributed by atoms with Crippen molar-refractivity contribution < 1.29 is 9.53 Å². The van der Waals surface area contributed by atoms with E-state index in [0.717, 1.165) is 70.2 Å². The molecule has 7 nitrogen and oxygen atoms in total. The topological polar surface area (TPSA) is 70.6 Å². The maximum atomic E-state index is 13.3. The van der Waals surface area contributed by atoms with Crippen molar-refractivity contribution in [3.63, 3.8) is 0 Å². The number of fused-ring (bicyclic) bond motifs is 2. The number of nitrogens with zero attached hydrogens (tertiary/aromatic N) is 4. The Hall–Kier alpha value is -3.72. The molecule has 0 spiro atoms. The fourth-order valence-electron chi connectivity index (χ4n) is 4.97. The molecule has 1 saturated heterocycles. The second-order valence-corrected chi connectivity index (χ2v) is 10.9. The lowest BCUT2D eigenvalue weighted by atomic mass is 10.0. The van der Waals surface area contributed by atoms with Gasteiger partial charge in [0.05, 0.1) is 33.6 Å². The highest BCUT2D eigenvalue weighted by molar-refractivity contribution is 7.22. The highest BCUT2D eigenvalue weighted by Crippen LogP contribution is 2.38. The van der Waals surface area contributed by atoms with Crippen molar-refractivity contribution in [3.8, 4) is 17.0 Å². The van der Waals surface area contributed by atoms with Gasteiger partial charge in [-0.05, 0) is 24.3 Å². The summed E-state index contributed by atoms with van der Waals surface area (Å²) in [6.07, 6.45) is 0. The van der Waals surface area contributed by atoms with Crippen molar-refractivity contribution in [2.45, 2.75) is 0 Å². The van der Waals surface area contributed by atoms with Crippen LogP contribution in [0, 0.1) is 0 Å². The Morgan fingerprint density at radius 2 is 1.77 bits per heavy atom. The van der Waals surface area contributed by atoms with Crippen LogP contribution in [0.1, 0.15) is 10.4 Å². The van der Waals surface area contributed by atoms with Gasteiger partial charge in [0.1, 0.15) is 5.52 Å². The van der Waals surface area contributed by atoms with Crippen LogP contribution in [0.2, 0.25) is 5.02 Å². The highest BCUT2D eigenvalue weighted by atomic mass is 35.5. The van der Waals surface area contributed by atoms with Crippen molar-refractivity contribution in [1.29, 1.82) is 0 Å². The molecule has 0 atom stereocenters. The normalized spacial score (nSPS) is 14.2. The molecular weight excluding hydrogens is 530 g/mol. The Kier molecular flexibility index (Phi) is 7.32. The van der Waals surface area contributed by atoms with E-state index in [-0.39, 0.29) is 5.91 Å². The molecule has 5 aromatic rings. The zero-order valence-corrected chi connectivity index (χ0v) is 23.1. The fourth-order valence-corrected chi connectivity index (χ4v) is 6.21. The SMILES string of the molecule is COc1c(Cl)ccc2sc(N3CCN(CCNC(=O)c4cc(-c5ccccc5)nc5ccccc45)CC3)nc12. The largest absolute Gasteiger partial charge is 0.493 e. The zero-order chi connectivity index (χ0) is 26.8. The van der Waals surface area contributed by atoms with Gasteiger partial charge in [0.2, 0.25) is 0 Å². The number of hydrogen-bond acceptors (Lipinski definition) is 7. The lowest BCUT2D eigenvalue weighted by Crippen LogP contribution is -2.48. The molecule has 0 unspecified atom stereocenters. The van der Waals surface area contributed by atoms with E-state index in [4.69, 9.17) is 26.3 Å². The number of hydrogen-bond donors (Lipinski definition) is 1. The minimum absolute atomic E-state index is 0.0773. The first-order valence-corrected chi connectivity index (χ1v) is 14.1. The third-order valence-corrected chi connectivity index (χ3v) is 8.43. The second-order valence-electron chi connectivity index (χ2n) is 9.45. The van der Waals surface area contributed by atoms with E-state index in [1.807, 2.05) is 72.8 Å². The third kappa shape index (κ3) is 5.28. The number of nitrogens with one attached hydrogen (secondary N) is 1. The molecule has 3 aromatic carbocycles. The van der Waals surface area contributed by atoms with Crippen molar-refractivity contribution in [1.82, 2.24) is 20.2 Å². The van der Waals surface area contributed by atoms with Crippen LogP contribution >= 0.6 is 22.9 Å². The Labute approximate surface area is 236 Å². The van der Waals surface area contributed by atoms with Gasteiger partial charge in [0, 0.05) is 50.2 Å². The molecule has 1 fully saturated rings. The summed E-state index contributed by atoms with van der Waals surface area (Å²) in [7, 11) is 1.62. The van der Waals surface area contributed by atoms with Gasteiger partial charge in [-0.25, -0.2) is 9.97 Å². The highest BCUT2D eigenvalue weighted by Gasteiger charge is 2.22. The molecule has 1 aliphatic heterocycles. The summed E-state index contributed by atoms with van der Waals surface area (Å²) in [6, 6.07) is 23.5. The lowest BCUT2D eigenvalue weighted by molar-refractivity contribution is 0.0949. The van der Waals surface area contributed by atoms with Gasteiger partial charge < -0.3 is 15.0 Å². The molecule has 9 heteroatoms. The quantitative estimate of drug-likeness (QED) is 0.276. The first-order chi connectivity index (χ1) is 19.1. The van der Waals surface area contributed by atoms with Crippen LogP contribution in [0.4, 0.5) is 5.13 Å². The van der Waals surface area contributed by atoms with E-state index < -0.39 is 0 Å². The molecule has 198 valence electrons. The number of carbonyl (C=O) groups is 1. The first kappa shape index (κ1) is 25.6. The number of para-hydroxylation sites is 1. The maximum Gasteiger partial charge on any atom is 0.252 e. The number of piperazine rings is 1. The minimum Gasteiger partial charge on any atom is -0.493 e. The number of anilines is 1. The monoisotopic (exact) mass is 557 g/mol. The number of amides is 1. The second kappa shape index (κ2) is 11.2. The van der Waals surface area contributed by atoms with Crippen molar-refractivity contribution in [3.05, 3.63) is 83.4 Å². The third-order valence-electron chi connectivity index (χ3n) is 7.05. The number of aromatic nitrogens is 2. The van der Waals surface area contributed by atoms with Crippen molar-refractivity contribution in [2.75, 3.05) is 51.3 Å². The van der Waals surface area contributed by atoms with Gasteiger partial charge in [0.25, 0.3) is 5.91 Å². The predicted molar refractivity (Wildman–Crippen MR) is 159 cm³/mol. The van der Waals surface area contributed by atoms with E-state index in [2.05, 4.69) is 15.1 Å². The standard InChI is InChI=1S/C30H28ClN5O2S/c1-38-28-23(31)11-12-26-27(28)34-30(39-26)36-17-15-35(16-18-36)14-13-32-29(37)22-19-25(20-7-3-2-4-8-20)33-24-10-6-5-9-21(22)24/h2-12,19H,13-18H2,1H3,(H,32,37). The summed E-state index contributed by atoms with van der Waals surface area (Å²) in [5, 5.41) is 5.55. The van der Waals surface area contributed by atoms with Gasteiger partial charge in [-0.2, -0.15) is 0 Å². The van der Waals surface area contributed by atoms with Crippen LogP contribution in [-0.4, -0.2) is 67.2 Å². The summed E-state index contributed by atoms with van der Waals surface area (Å²) < 4.78 is 6.54. The molecule has 1 aliphatic rings. The van der Waals surface area contributed by atoms with E-state index in [1.54, 1.807) is 18.4 Å². The zero-order valence-electron chi connectivity index (χ0n) is 21.6. The summed E-state index contributed by atoms with van der Waals surface area (Å²) >= 11 is 7.94. The van der Waals surface area contributed by atoms with E-state index in [0.29, 0.717) is 22.9 Å². The van der Waals surface area contributed by atoms with E-state index >= 15 is 0 Å². The van der Waals surface area contributed by atoms with Gasteiger partial charge in [0.15, 0.2) is 10.9 Å². The Morgan fingerprint density at radius 1 is 1.00 bits per heavy atom. The number of pyridine rings is 1. The van der Waals surface area contributed by atoms with Gasteiger partial charge >= 0.3 is 0 Å². The van der Waals surface area contributed by atoms with Gasteiger partial charge in [-0.15, -0.1) is 0 Å². The average molecular weight is 558 g/mol. The number of carbonyl (C=O) groups excluding carboxylic acids is 1. The van der Waals surface area contributed by atoms with Crippen LogP contribution in [0.15, 0.2) is 72.8 Å². The number of halogens is 1. The molecular formula is C30H28ClN5O2S. The molecule has 39 heavy (non-hydrogen) atoms. The molecule has 6 rings (SSSR count). The van der Waals surface area contributed by atoms with Crippen LogP contribution in [0.5, 0.6) is 5.75 Å². The number of thiazole rings is 1. The fraction of sp³-hybridized carbons (Fsp3) is 0.233. The Balaban J connectivity index is 1.08. The maximum absolute atomic E-state index is 13.3. The van der Waals surface area contributed by atoms with Crippen molar-refractivity contribution >= 4 is 55.1 Å². The minimum atomic E-state index is -0.0773. The number of benzene rings is 3. The predicted octanol–water partition coefficient (Wildman–Crippen LogP) is 5.73. The number of rotatable bonds is 7.